The number of aryl methyl sites for hydroxylation is 1. The Labute approximate surface area is 153 Å². The second-order valence-electron chi connectivity index (χ2n) is 6.18. The number of rotatable bonds is 5. The Morgan fingerprint density at radius 2 is 2.19 bits per heavy atom. The van der Waals surface area contributed by atoms with E-state index in [2.05, 4.69) is 20.7 Å². The van der Waals surface area contributed by atoms with Crippen molar-refractivity contribution in [1.29, 1.82) is 0 Å². The van der Waals surface area contributed by atoms with Gasteiger partial charge in [0.05, 0.1) is 16.0 Å². The molecule has 138 valence electrons. The first kappa shape index (κ1) is 19.4. The van der Waals surface area contributed by atoms with Crippen molar-refractivity contribution < 1.29 is 14.5 Å². The summed E-state index contributed by atoms with van der Waals surface area (Å²) in [6.07, 6.45) is 2.10. The average molecular weight is 378 g/mol. The Hall–Kier alpha value is -2.95. The van der Waals surface area contributed by atoms with Crippen LogP contribution in [-0.4, -0.2) is 37.6 Å². The van der Waals surface area contributed by atoms with Crippen LogP contribution in [0.25, 0.3) is 0 Å². The minimum atomic E-state index is -0.710. The van der Waals surface area contributed by atoms with Gasteiger partial charge in [-0.1, -0.05) is 6.07 Å². The fourth-order valence-electron chi connectivity index (χ4n) is 1.77. The highest BCUT2D eigenvalue weighted by molar-refractivity contribution is 7.99. The lowest BCUT2D eigenvalue weighted by Crippen LogP contribution is -2.29. The van der Waals surface area contributed by atoms with Crippen LogP contribution in [0.4, 0.5) is 10.5 Å². The predicted molar refractivity (Wildman–Crippen MR) is 95.2 cm³/mol. The van der Waals surface area contributed by atoms with Gasteiger partial charge in [-0.25, -0.2) is 10.2 Å². The SMILES string of the molecule is Cn1cnnc1Sc1ccc(C=NNC(=O)OC(C)(C)C)cc1[N+](=O)[O-]. The Morgan fingerprint density at radius 1 is 1.46 bits per heavy atom. The molecule has 0 saturated carbocycles. The van der Waals surface area contributed by atoms with Crippen molar-refractivity contribution in [1.82, 2.24) is 20.2 Å². The number of carbonyl (C=O) groups excluding carboxylic acids is 1. The first-order chi connectivity index (χ1) is 12.2. The van der Waals surface area contributed by atoms with Crippen LogP contribution >= 0.6 is 11.8 Å². The quantitative estimate of drug-likeness (QED) is 0.482. The van der Waals surface area contributed by atoms with Gasteiger partial charge in [0.25, 0.3) is 5.69 Å². The molecule has 0 atom stereocenters. The van der Waals surface area contributed by atoms with Gasteiger partial charge in [0, 0.05) is 18.7 Å². The topological polar surface area (TPSA) is 125 Å². The minimum absolute atomic E-state index is 0.0979. The molecule has 0 aliphatic heterocycles. The van der Waals surface area contributed by atoms with Crippen molar-refractivity contribution in [2.75, 3.05) is 0 Å². The van der Waals surface area contributed by atoms with Crippen LogP contribution in [0.15, 0.2) is 39.7 Å². The minimum Gasteiger partial charge on any atom is -0.443 e. The van der Waals surface area contributed by atoms with E-state index in [4.69, 9.17) is 4.74 Å². The van der Waals surface area contributed by atoms with Crippen LogP contribution in [0.3, 0.4) is 0 Å². The summed E-state index contributed by atoms with van der Waals surface area (Å²) in [4.78, 5) is 22.8. The first-order valence-electron chi connectivity index (χ1n) is 7.48. The molecular weight excluding hydrogens is 360 g/mol. The third kappa shape index (κ3) is 5.55. The summed E-state index contributed by atoms with van der Waals surface area (Å²) in [6.45, 7) is 5.19. The van der Waals surface area contributed by atoms with E-state index in [9.17, 15) is 14.9 Å². The van der Waals surface area contributed by atoms with Crippen LogP contribution < -0.4 is 5.43 Å². The molecule has 0 aliphatic rings. The molecule has 2 rings (SSSR count). The Kier molecular flexibility index (Phi) is 5.93. The van der Waals surface area contributed by atoms with Gasteiger partial charge in [-0.15, -0.1) is 10.2 Å². The molecule has 1 aromatic carbocycles. The van der Waals surface area contributed by atoms with Crippen molar-refractivity contribution in [3.8, 4) is 0 Å². The van der Waals surface area contributed by atoms with E-state index >= 15 is 0 Å². The number of hydrazone groups is 1. The zero-order valence-corrected chi connectivity index (χ0v) is 15.5. The molecule has 0 bridgehead atoms. The third-order valence-electron chi connectivity index (χ3n) is 2.82. The molecule has 1 heterocycles. The largest absolute Gasteiger partial charge is 0.443 e. The van der Waals surface area contributed by atoms with E-state index in [1.54, 1.807) is 44.5 Å². The fraction of sp³-hybridized carbons (Fsp3) is 0.333. The molecule has 0 radical (unpaired) electrons. The van der Waals surface area contributed by atoms with Crippen LogP contribution in [-0.2, 0) is 11.8 Å². The first-order valence-corrected chi connectivity index (χ1v) is 8.30. The third-order valence-corrected chi connectivity index (χ3v) is 3.94. The number of nitro benzene ring substituents is 1. The maximum Gasteiger partial charge on any atom is 0.428 e. The molecule has 0 saturated heterocycles. The van der Waals surface area contributed by atoms with Gasteiger partial charge in [-0.2, -0.15) is 5.10 Å². The second-order valence-corrected chi connectivity index (χ2v) is 7.19. The smallest absolute Gasteiger partial charge is 0.428 e. The van der Waals surface area contributed by atoms with Crippen LogP contribution in [0.1, 0.15) is 26.3 Å². The lowest BCUT2D eigenvalue weighted by atomic mass is 10.2. The van der Waals surface area contributed by atoms with E-state index in [0.29, 0.717) is 15.6 Å². The number of nitro groups is 1. The summed E-state index contributed by atoms with van der Waals surface area (Å²) in [7, 11) is 1.75. The zero-order valence-electron chi connectivity index (χ0n) is 14.7. The van der Waals surface area contributed by atoms with E-state index in [0.717, 1.165) is 11.8 Å². The van der Waals surface area contributed by atoms with Crippen molar-refractivity contribution in [3.05, 3.63) is 40.2 Å². The number of aromatic nitrogens is 3. The van der Waals surface area contributed by atoms with Crippen molar-refractivity contribution >= 4 is 29.8 Å². The molecular formula is C15H18N6O4S. The molecule has 1 aromatic heterocycles. The summed E-state index contributed by atoms with van der Waals surface area (Å²) in [5, 5.41) is 23.2. The summed E-state index contributed by atoms with van der Waals surface area (Å²) in [5.74, 6) is 0. The molecule has 0 aliphatic carbocycles. The summed E-state index contributed by atoms with van der Waals surface area (Å²) >= 11 is 1.13. The molecule has 26 heavy (non-hydrogen) atoms. The maximum atomic E-state index is 11.5. The van der Waals surface area contributed by atoms with E-state index in [-0.39, 0.29) is 5.69 Å². The summed E-state index contributed by atoms with van der Waals surface area (Å²) < 4.78 is 6.70. The van der Waals surface area contributed by atoms with Crippen molar-refractivity contribution in [3.63, 3.8) is 0 Å². The number of nitrogens with zero attached hydrogens (tertiary/aromatic N) is 5. The zero-order chi connectivity index (χ0) is 19.3. The Bertz CT molecular complexity index is 843. The molecule has 1 N–H and O–H groups in total. The van der Waals surface area contributed by atoms with E-state index in [1.807, 2.05) is 0 Å². The van der Waals surface area contributed by atoms with Gasteiger partial charge in [0.15, 0.2) is 5.16 Å². The lowest BCUT2D eigenvalue weighted by molar-refractivity contribution is -0.387. The number of amides is 1. The number of benzene rings is 1. The average Bonchev–Trinajstić information content (AvgIpc) is 2.91. The number of nitrogens with one attached hydrogen (secondary N) is 1. The molecule has 0 fully saturated rings. The van der Waals surface area contributed by atoms with Crippen LogP contribution in [0, 0.1) is 10.1 Å². The van der Waals surface area contributed by atoms with Gasteiger partial charge < -0.3 is 9.30 Å². The highest BCUT2D eigenvalue weighted by atomic mass is 32.2. The Morgan fingerprint density at radius 3 is 2.77 bits per heavy atom. The number of hydrogen-bond acceptors (Lipinski definition) is 8. The van der Waals surface area contributed by atoms with Gasteiger partial charge in [-0.3, -0.25) is 10.1 Å². The number of carbonyl (C=O) groups is 1. The lowest BCUT2D eigenvalue weighted by Gasteiger charge is -2.18. The molecule has 10 nitrogen and oxygen atoms in total. The normalized spacial score (nSPS) is 11.5. The van der Waals surface area contributed by atoms with Crippen molar-refractivity contribution in [2.24, 2.45) is 12.1 Å². The highest BCUT2D eigenvalue weighted by Gasteiger charge is 2.18. The number of ether oxygens (including phenoxy) is 1. The predicted octanol–water partition coefficient (Wildman–Crippen LogP) is 2.73. The van der Waals surface area contributed by atoms with Crippen LogP contribution in [0.2, 0.25) is 0 Å². The fourth-order valence-corrected chi connectivity index (χ4v) is 2.62. The van der Waals surface area contributed by atoms with Gasteiger partial charge in [0.2, 0.25) is 0 Å². The maximum absolute atomic E-state index is 11.5. The summed E-state index contributed by atoms with van der Waals surface area (Å²) in [6, 6.07) is 4.59. The van der Waals surface area contributed by atoms with E-state index < -0.39 is 16.6 Å². The number of hydrogen-bond donors (Lipinski definition) is 1. The monoisotopic (exact) mass is 378 g/mol. The molecule has 0 unspecified atom stereocenters. The molecule has 2 aromatic rings. The van der Waals surface area contributed by atoms with Gasteiger partial charge >= 0.3 is 6.09 Å². The second kappa shape index (κ2) is 7.95. The Balaban J connectivity index is 2.12. The molecule has 0 spiro atoms. The molecule has 11 heteroatoms. The highest BCUT2D eigenvalue weighted by Crippen LogP contribution is 2.33. The van der Waals surface area contributed by atoms with Crippen molar-refractivity contribution in [2.45, 2.75) is 36.4 Å². The molecule has 1 amide bonds. The van der Waals surface area contributed by atoms with E-state index in [1.165, 1.54) is 18.6 Å². The standard InChI is InChI=1S/C15H18N6O4S/c1-15(2,3)25-14(22)19-16-8-10-5-6-12(11(7-10)21(23)24)26-13-18-17-9-20(13)4/h5-9H,1-4H3,(H,19,22). The summed E-state index contributed by atoms with van der Waals surface area (Å²) in [5.41, 5.74) is 1.92. The van der Waals surface area contributed by atoms with Gasteiger partial charge in [-0.05, 0) is 38.6 Å². The van der Waals surface area contributed by atoms with Crippen LogP contribution in [0.5, 0.6) is 0 Å². The van der Waals surface area contributed by atoms with Gasteiger partial charge in [0.1, 0.15) is 11.9 Å².